The van der Waals surface area contributed by atoms with Gasteiger partial charge in [-0.1, -0.05) is 25.5 Å². The molecule has 3 aliphatic rings. The van der Waals surface area contributed by atoms with Gasteiger partial charge in [-0.05, 0) is 31.6 Å². The van der Waals surface area contributed by atoms with Crippen molar-refractivity contribution in [3.8, 4) is 0 Å². The van der Waals surface area contributed by atoms with Crippen molar-refractivity contribution in [2.75, 3.05) is 6.61 Å². The summed E-state index contributed by atoms with van der Waals surface area (Å²) in [4.78, 5) is 38.0. The lowest BCUT2D eigenvalue weighted by molar-refractivity contribution is -0.143. The Morgan fingerprint density at radius 3 is 2.45 bits per heavy atom. The van der Waals surface area contributed by atoms with Crippen molar-refractivity contribution in [2.45, 2.75) is 39.3 Å². The normalized spacial score (nSPS) is 33.3. The number of allylic oxidation sites excluding steroid dienone is 2. The van der Waals surface area contributed by atoms with Gasteiger partial charge >= 0.3 is 6.09 Å². The average Bonchev–Trinajstić information content (AvgIpc) is 3.13. The lowest BCUT2D eigenvalue weighted by atomic mass is 9.85. The van der Waals surface area contributed by atoms with E-state index in [-0.39, 0.29) is 35.5 Å². The number of hydrogen-bond donors (Lipinski definition) is 1. The third kappa shape index (κ3) is 2.30. The van der Waals surface area contributed by atoms with Crippen LogP contribution in [0.3, 0.4) is 0 Å². The number of hydrogen-bond acceptors (Lipinski definition) is 4. The molecule has 1 saturated heterocycles. The Bertz CT molecular complexity index is 500. The Morgan fingerprint density at radius 2 is 1.91 bits per heavy atom. The van der Waals surface area contributed by atoms with Gasteiger partial charge in [0.15, 0.2) is 0 Å². The van der Waals surface area contributed by atoms with Crippen molar-refractivity contribution in [3.63, 3.8) is 0 Å². The quantitative estimate of drug-likeness (QED) is 0.476. The second-order valence-corrected chi connectivity index (χ2v) is 6.36. The average molecular weight is 306 g/mol. The first-order chi connectivity index (χ1) is 10.5. The van der Waals surface area contributed by atoms with Crippen LogP contribution in [0.4, 0.5) is 4.79 Å². The number of nitrogens with one attached hydrogen (secondary N) is 1. The molecule has 1 N–H and O–H groups in total. The van der Waals surface area contributed by atoms with Crippen molar-refractivity contribution in [2.24, 2.45) is 23.7 Å². The molecule has 6 nitrogen and oxygen atoms in total. The number of ether oxygens (including phenoxy) is 1. The Labute approximate surface area is 129 Å². The fourth-order valence-electron chi connectivity index (χ4n) is 3.89. The summed E-state index contributed by atoms with van der Waals surface area (Å²) in [5, 5.41) is 2.58. The summed E-state index contributed by atoms with van der Waals surface area (Å²) in [6, 6.07) is 0. The maximum absolute atomic E-state index is 12.5. The largest absolute Gasteiger partial charge is 0.450 e. The van der Waals surface area contributed by atoms with E-state index in [4.69, 9.17) is 4.74 Å². The topological polar surface area (TPSA) is 75.7 Å². The lowest BCUT2D eigenvalue weighted by Gasteiger charge is -2.25. The van der Waals surface area contributed by atoms with E-state index in [2.05, 4.69) is 17.5 Å². The van der Waals surface area contributed by atoms with Gasteiger partial charge in [-0.25, -0.2) is 4.79 Å². The molecule has 22 heavy (non-hydrogen) atoms. The molecule has 0 unspecified atom stereocenters. The number of carbonyl (C=O) groups is 3. The van der Waals surface area contributed by atoms with E-state index in [0.717, 1.165) is 19.3 Å². The number of likely N-dealkylation sites (tertiary alicyclic amines) is 1. The van der Waals surface area contributed by atoms with Gasteiger partial charge in [0, 0.05) is 0 Å². The smallest absolute Gasteiger partial charge is 0.408 e. The number of imide groups is 1. The summed E-state index contributed by atoms with van der Waals surface area (Å²) >= 11 is 0. The number of rotatable bonds is 5. The van der Waals surface area contributed by atoms with Crippen LogP contribution in [-0.2, 0) is 14.3 Å². The first kappa shape index (κ1) is 15.1. The summed E-state index contributed by atoms with van der Waals surface area (Å²) in [5.41, 5.74) is 0. The lowest BCUT2D eigenvalue weighted by Crippen LogP contribution is -2.50. The molecule has 5 atom stereocenters. The van der Waals surface area contributed by atoms with Crippen LogP contribution >= 0.6 is 0 Å². The molecule has 0 radical (unpaired) electrons. The Hall–Kier alpha value is -1.85. The molecule has 0 aromatic heterocycles. The van der Waals surface area contributed by atoms with Gasteiger partial charge in [0.1, 0.15) is 6.17 Å². The Kier molecular flexibility index (Phi) is 3.93. The van der Waals surface area contributed by atoms with Crippen LogP contribution in [0, 0.1) is 23.7 Å². The minimum atomic E-state index is -0.667. The zero-order valence-electron chi connectivity index (χ0n) is 13.0. The predicted molar refractivity (Wildman–Crippen MR) is 78.4 cm³/mol. The number of fused-ring (bicyclic) bond motifs is 5. The molecule has 1 heterocycles. The van der Waals surface area contributed by atoms with E-state index in [1.54, 1.807) is 6.92 Å². The molecule has 2 aliphatic carbocycles. The van der Waals surface area contributed by atoms with Crippen LogP contribution in [0.2, 0.25) is 0 Å². The number of unbranched alkanes of at least 4 members (excludes halogenated alkanes) is 1. The van der Waals surface area contributed by atoms with E-state index < -0.39 is 12.3 Å². The Balaban J connectivity index is 1.62. The van der Waals surface area contributed by atoms with E-state index in [1.165, 1.54) is 4.90 Å². The maximum atomic E-state index is 12.5. The molecule has 6 heteroatoms. The molecule has 3 amide bonds. The van der Waals surface area contributed by atoms with E-state index in [9.17, 15) is 14.4 Å². The molecule has 1 aliphatic heterocycles. The second kappa shape index (κ2) is 5.74. The van der Waals surface area contributed by atoms with Crippen molar-refractivity contribution in [1.82, 2.24) is 10.2 Å². The zero-order valence-corrected chi connectivity index (χ0v) is 13.0. The van der Waals surface area contributed by atoms with Crippen LogP contribution in [-0.4, -0.2) is 35.6 Å². The highest BCUT2D eigenvalue weighted by Crippen LogP contribution is 2.52. The summed E-state index contributed by atoms with van der Waals surface area (Å²) < 4.78 is 5.02. The van der Waals surface area contributed by atoms with Crippen LogP contribution in [0.5, 0.6) is 0 Å². The van der Waals surface area contributed by atoms with Gasteiger partial charge < -0.3 is 10.1 Å². The minimum absolute atomic E-state index is 0.159. The molecular weight excluding hydrogens is 284 g/mol. The van der Waals surface area contributed by atoms with Crippen LogP contribution < -0.4 is 5.32 Å². The first-order valence-electron chi connectivity index (χ1n) is 8.03. The fourth-order valence-corrected chi connectivity index (χ4v) is 3.89. The zero-order chi connectivity index (χ0) is 15.9. The highest BCUT2D eigenvalue weighted by Gasteiger charge is 2.60. The standard InChI is InChI=1S/C16H22N2O4/c1-3-4-7-22-16(21)17-9(2)18-14(19)12-10-5-6-11(8-10)13(12)15(18)20/h5-6,9-13H,3-4,7-8H2,1-2H3,(H,17,21)/t9-,10+,11+,12-,13+/m1/s1. The fraction of sp³-hybridized carbons (Fsp3) is 0.688. The van der Waals surface area contributed by atoms with Gasteiger partial charge in [-0.15, -0.1) is 0 Å². The molecule has 2 bridgehead atoms. The molecule has 2 fully saturated rings. The molecule has 1 saturated carbocycles. The van der Waals surface area contributed by atoms with Crippen LogP contribution in [0.25, 0.3) is 0 Å². The van der Waals surface area contributed by atoms with Crippen molar-refractivity contribution in [1.29, 1.82) is 0 Å². The number of carbonyl (C=O) groups excluding carboxylic acids is 3. The second-order valence-electron chi connectivity index (χ2n) is 6.36. The minimum Gasteiger partial charge on any atom is -0.450 e. The van der Waals surface area contributed by atoms with Crippen molar-refractivity contribution >= 4 is 17.9 Å². The first-order valence-corrected chi connectivity index (χ1v) is 8.03. The molecular formula is C16H22N2O4. The molecule has 0 spiro atoms. The molecule has 120 valence electrons. The summed E-state index contributed by atoms with van der Waals surface area (Å²) in [6.07, 6.45) is 5.49. The molecule has 0 aromatic carbocycles. The number of alkyl carbamates (subject to hydrolysis) is 1. The van der Waals surface area contributed by atoms with Crippen molar-refractivity contribution in [3.05, 3.63) is 12.2 Å². The monoisotopic (exact) mass is 306 g/mol. The number of amides is 3. The maximum Gasteiger partial charge on any atom is 0.408 e. The SMILES string of the molecule is CCCCOC(=O)N[C@@H](C)N1C(=O)[C@@H]2[C@H](C1=O)[C@H]1C=C[C@H]2C1. The van der Waals surface area contributed by atoms with E-state index in [1.807, 2.05) is 6.92 Å². The summed E-state index contributed by atoms with van der Waals surface area (Å²) in [7, 11) is 0. The molecule has 3 rings (SSSR count). The van der Waals surface area contributed by atoms with Gasteiger partial charge in [0.25, 0.3) is 0 Å². The third-order valence-corrected chi connectivity index (χ3v) is 4.95. The van der Waals surface area contributed by atoms with Gasteiger partial charge in [0.2, 0.25) is 11.8 Å². The van der Waals surface area contributed by atoms with Gasteiger partial charge in [0.05, 0.1) is 18.4 Å². The highest BCUT2D eigenvalue weighted by atomic mass is 16.5. The summed E-state index contributed by atoms with van der Waals surface area (Å²) in [6.45, 7) is 4.00. The van der Waals surface area contributed by atoms with E-state index in [0.29, 0.717) is 6.61 Å². The van der Waals surface area contributed by atoms with Gasteiger partial charge in [-0.2, -0.15) is 0 Å². The van der Waals surface area contributed by atoms with Crippen LogP contribution in [0.1, 0.15) is 33.1 Å². The van der Waals surface area contributed by atoms with Gasteiger partial charge in [-0.3, -0.25) is 14.5 Å². The predicted octanol–water partition coefficient (Wildman–Crippen LogP) is 1.67. The third-order valence-electron chi connectivity index (χ3n) is 4.95. The number of nitrogens with zero attached hydrogens (tertiary/aromatic N) is 1. The van der Waals surface area contributed by atoms with Crippen molar-refractivity contribution < 1.29 is 19.1 Å². The Morgan fingerprint density at radius 1 is 1.32 bits per heavy atom. The van der Waals surface area contributed by atoms with E-state index >= 15 is 0 Å². The highest BCUT2D eigenvalue weighted by molar-refractivity contribution is 6.06. The summed E-state index contributed by atoms with van der Waals surface area (Å²) in [5.74, 6) is -0.424. The van der Waals surface area contributed by atoms with Crippen LogP contribution in [0.15, 0.2) is 12.2 Å². The molecule has 0 aromatic rings.